The van der Waals surface area contributed by atoms with E-state index in [1.165, 1.54) is 17.7 Å². The van der Waals surface area contributed by atoms with Gasteiger partial charge in [0.05, 0.1) is 31.8 Å². The molecule has 3 N–H and O–H groups in total. The lowest BCUT2D eigenvalue weighted by Crippen LogP contribution is -2.43. The van der Waals surface area contributed by atoms with E-state index >= 15 is 0 Å². The first-order chi connectivity index (χ1) is 15.0. The van der Waals surface area contributed by atoms with Crippen molar-refractivity contribution in [2.24, 2.45) is 0 Å². The third kappa shape index (κ3) is 4.96. The minimum Gasteiger partial charge on any atom is -0.395 e. The van der Waals surface area contributed by atoms with E-state index in [9.17, 15) is 14.3 Å². The molecule has 0 unspecified atom stereocenters. The summed E-state index contributed by atoms with van der Waals surface area (Å²) < 4.78 is 19.3. The predicted octanol–water partition coefficient (Wildman–Crippen LogP) is 1.79. The summed E-state index contributed by atoms with van der Waals surface area (Å²) in [5, 5.41) is 22.6. The van der Waals surface area contributed by atoms with Gasteiger partial charge < -0.3 is 25.2 Å². The fourth-order valence-electron chi connectivity index (χ4n) is 4.62. The fraction of sp³-hybridized carbons (Fsp3) is 0.458. The number of hydrogen-bond donors (Lipinski definition) is 3. The molecule has 0 spiro atoms. The van der Waals surface area contributed by atoms with Crippen LogP contribution in [0.15, 0.2) is 48.5 Å². The van der Waals surface area contributed by atoms with Crippen LogP contribution in [-0.4, -0.2) is 65.6 Å². The van der Waals surface area contributed by atoms with Gasteiger partial charge in [0, 0.05) is 26.1 Å². The van der Waals surface area contributed by atoms with E-state index in [4.69, 9.17) is 9.84 Å². The Hall–Kier alpha value is -2.32. The minimum atomic E-state index is -1.04. The van der Waals surface area contributed by atoms with Crippen molar-refractivity contribution in [2.45, 2.75) is 37.0 Å². The number of carbonyl (C=O) groups excluding carboxylic acids is 1. The molecule has 0 aliphatic carbocycles. The van der Waals surface area contributed by atoms with Gasteiger partial charge in [0.25, 0.3) is 0 Å². The van der Waals surface area contributed by atoms with Crippen molar-refractivity contribution >= 4 is 5.91 Å². The third-order valence-electron chi connectivity index (χ3n) is 6.13. The molecule has 4 rings (SSSR count). The molecule has 0 saturated carbocycles. The summed E-state index contributed by atoms with van der Waals surface area (Å²) in [4.78, 5) is 15.2. The molecule has 2 heterocycles. The number of nitrogens with zero attached hydrogens (tertiary/aromatic N) is 1. The Labute approximate surface area is 181 Å². The standard InChI is InChI=1S/C24H29FN2O4/c25-19-7-5-18(6-8-19)23-21-4-2-1-3-17(21)9-11-27(23)22(29)13-20-14-24(30,16-31-20)15-26-10-12-28/h1-8,20,23,26,28,30H,9-16H2/t20-,23-,24-/m0/s1. The van der Waals surface area contributed by atoms with Crippen LogP contribution in [-0.2, 0) is 16.0 Å². The summed E-state index contributed by atoms with van der Waals surface area (Å²) in [7, 11) is 0. The number of carbonyl (C=O) groups is 1. The topological polar surface area (TPSA) is 82.0 Å². The molecule has 7 heteroatoms. The maximum atomic E-state index is 13.5. The Morgan fingerprint density at radius 3 is 2.77 bits per heavy atom. The van der Waals surface area contributed by atoms with Gasteiger partial charge in [-0.25, -0.2) is 4.39 Å². The van der Waals surface area contributed by atoms with E-state index in [0.717, 1.165) is 17.5 Å². The van der Waals surface area contributed by atoms with Gasteiger partial charge in [-0.2, -0.15) is 0 Å². The smallest absolute Gasteiger partial charge is 0.225 e. The van der Waals surface area contributed by atoms with Crippen LogP contribution in [0.5, 0.6) is 0 Å². The van der Waals surface area contributed by atoms with Gasteiger partial charge in [-0.05, 0) is 35.2 Å². The van der Waals surface area contributed by atoms with Crippen LogP contribution in [0.3, 0.4) is 0 Å². The number of fused-ring (bicyclic) bond motifs is 1. The van der Waals surface area contributed by atoms with Crippen molar-refractivity contribution in [2.75, 3.05) is 32.8 Å². The Balaban J connectivity index is 1.50. The number of amides is 1. The van der Waals surface area contributed by atoms with Gasteiger partial charge >= 0.3 is 0 Å². The van der Waals surface area contributed by atoms with Gasteiger partial charge in [-0.3, -0.25) is 4.79 Å². The monoisotopic (exact) mass is 428 g/mol. The van der Waals surface area contributed by atoms with Crippen LogP contribution in [0.25, 0.3) is 0 Å². The zero-order valence-electron chi connectivity index (χ0n) is 17.5. The molecule has 166 valence electrons. The number of hydrogen-bond acceptors (Lipinski definition) is 5. The largest absolute Gasteiger partial charge is 0.395 e. The molecule has 2 aliphatic rings. The molecular weight excluding hydrogens is 399 g/mol. The number of ether oxygens (including phenoxy) is 1. The average molecular weight is 429 g/mol. The maximum absolute atomic E-state index is 13.5. The summed E-state index contributed by atoms with van der Waals surface area (Å²) in [5.74, 6) is -0.347. The van der Waals surface area contributed by atoms with E-state index in [1.54, 1.807) is 12.1 Å². The highest BCUT2D eigenvalue weighted by Crippen LogP contribution is 2.36. The number of nitrogens with one attached hydrogen (secondary N) is 1. The summed E-state index contributed by atoms with van der Waals surface area (Å²) in [6, 6.07) is 14.1. The summed E-state index contributed by atoms with van der Waals surface area (Å²) in [6.45, 7) is 1.45. The Kier molecular flexibility index (Phi) is 6.67. The molecule has 31 heavy (non-hydrogen) atoms. The van der Waals surface area contributed by atoms with Crippen molar-refractivity contribution in [1.29, 1.82) is 0 Å². The van der Waals surface area contributed by atoms with Crippen LogP contribution >= 0.6 is 0 Å². The lowest BCUT2D eigenvalue weighted by molar-refractivity contribution is -0.135. The van der Waals surface area contributed by atoms with Crippen LogP contribution < -0.4 is 5.32 Å². The summed E-state index contributed by atoms with van der Waals surface area (Å²) in [6.07, 6.45) is 0.949. The van der Waals surface area contributed by atoms with Gasteiger partial charge in [0.1, 0.15) is 11.4 Å². The van der Waals surface area contributed by atoms with Crippen LogP contribution in [0, 0.1) is 5.82 Å². The van der Waals surface area contributed by atoms with Crippen LogP contribution in [0.4, 0.5) is 4.39 Å². The van der Waals surface area contributed by atoms with Crippen molar-refractivity contribution in [3.63, 3.8) is 0 Å². The lowest BCUT2D eigenvalue weighted by atomic mass is 9.87. The third-order valence-corrected chi connectivity index (χ3v) is 6.13. The van der Waals surface area contributed by atoms with Crippen molar-refractivity contribution in [3.05, 3.63) is 71.0 Å². The first-order valence-corrected chi connectivity index (χ1v) is 10.8. The molecular formula is C24H29FN2O4. The Bertz CT molecular complexity index is 907. The first-order valence-electron chi connectivity index (χ1n) is 10.8. The van der Waals surface area contributed by atoms with Crippen LogP contribution in [0.2, 0.25) is 0 Å². The van der Waals surface area contributed by atoms with Crippen LogP contribution in [0.1, 0.15) is 35.6 Å². The van der Waals surface area contributed by atoms with Gasteiger partial charge in [-0.1, -0.05) is 36.4 Å². The second-order valence-electron chi connectivity index (χ2n) is 8.46. The highest BCUT2D eigenvalue weighted by Gasteiger charge is 2.40. The normalized spacial score (nSPS) is 25.5. The number of benzene rings is 2. The zero-order valence-corrected chi connectivity index (χ0v) is 17.5. The number of aliphatic hydroxyl groups is 2. The molecule has 1 saturated heterocycles. The molecule has 2 aromatic rings. The summed E-state index contributed by atoms with van der Waals surface area (Å²) in [5.41, 5.74) is 2.09. The van der Waals surface area contributed by atoms with E-state index in [-0.39, 0.29) is 43.5 Å². The molecule has 0 radical (unpaired) electrons. The predicted molar refractivity (Wildman–Crippen MR) is 114 cm³/mol. The molecule has 2 aliphatic heterocycles. The van der Waals surface area contributed by atoms with E-state index < -0.39 is 5.60 Å². The van der Waals surface area contributed by atoms with Crippen molar-refractivity contribution in [1.82, 2.24) is 10.2 Å². The Morgan fingerprint density at radius 2 is 2.00 bits per heavy atom. The molecule has 6 nitrogen and oxygen atoms in total. The number of halogens is 1. The van der Waals surface area contributed by atoms with Gasteiger partial charge in [-0.15, -0.1) is 0 Å². The molecule has 0 bridgehead atoms. The second kappa shape index (κ2) is 9.44. The average Bonchev–Trinajstić information content (AvgIpc) is 3.14. The number of aliphatic hydroxyl groups excluding tert-OH is 1. The molecule has 2 aromatic carbocycles. The zero-order chi connectivity index (χ0) is 21.8. The maximum Gasteiger partial charge on any atom is 0.225 e. The molecule has 3 atom stereocenters. The highest BCUT2D eigenvalue weighted by atomic mass is 19.1. The Morgan fingerprint density at radius 1 is 1.23 bits per heavy atom. The fourth-order valence-corrected chi connectivity index (χ4v) is 4.62. The molecule has 1 fully saturated rings. The lowest BCUT2D eigenvalue weighted by Gasteiger charge is -2.38. The van der Waals surface area contributed by atoms with E-state index in [2.05, 4.69) is 11.4 Å². The van der Waals surface area contributed by atoms with Crippen molar-refractivity contribution < 1.29 is 24.1 Å². The highest BCUT2D eigenvalue weighted by molar-refractivity contribution is 5.78. The summed E-state index contributed by atoms with van der Waals surface area (Å²) >= 11 is 0. The van der Waals surface area contributed by atoms with E-state index in [0.29, 0.717) is 26.1 Å². The van der Waals surface area contributed by atoms with Gasteiger partial charge in [0.2, 0.25) is 5.91 Å². The van der Waals surface area contributed by atoms with E-state index in [1.807, 2.05) is 23.1 Å². The molecule has 0 aromatic heterocycles. The quantitative estimate of drug-likeness (QED) is 0.586. The first kappa shape index (κ1) is 21.9. The SMILES string of the molecule is O=C(C[C@H]1C[C@](O)(CNCCO)CO1)N1CCc2ccccc2[C@@H]1c1ccc(F)cc1. The number of rotatable bonds is 7. The van der Waals surface area contributed by atoms with Gasteiger partial charge in [0.15, 0.2) is 0 Å². The van der Waals surface area contributed by atoms with Crippen molar-refractivity contribution in [3.8, 4) is 0 Å². The molecule has 1 amide bonds. The minimum absolute atomic E-state index is 0.0000593. The second-order valence-corrected chi connectivity index (χ2v) is 8.46.